The van der Waals surface area contributed by atoms with E-state index in [0.29, 0.717) is 25.1 Å². The summed E-state index contributed by atoms with van der Waals surface area (Å²) in [5.41, 5.74) is -0.417. The molecule has 96 valence electrons. The average Bonchev–Trinajstić information content (AvgIpc) is 2.84. The van der Waals surface area contributed by atoms with Crippen molar-refractivity contribution in [3.05, 3.63) is 30.1 Å². The maximum Gasteiger partial charge on any atom is 0.311 e. The Morgan fingerprint density at radius 1 is 1.50 bits per heavy atom. The minimum absolute atomic E-state index is 0.188. The molecule has 1 amide bonds. The van der Waals surface area contributed by atoms with Gasteiger partial charge in [0.15, 0.2) is 0 Å². The molecule has 2 rings (SSSR count). The Morgan fingerprint density at radius 2 is 2.28 bits per heavy atom. The molecule has 1 aliphatic rings. The van der Waals surface area contributed by atoms with Crippen molar-refractivity contribution < 1.29 is 14.7 Å². The summed E-state index contributed by atoms with van der Waals surface area (Å²) in [4.78, 5) is 29.0. The van der Waals surface area contributed by atoms with Crippen molar-refractivity contribution in [1.29, 1.82) is 0 Å². The molecular weight excluding hydrogens is 232 g/mol. The SMILES string of the molecule is CCC1(C(=O)O)CCN(C(=O)c2ccccn2)C1. The van der Waals surface area contributed by atoms with Crippen molar-refractivity contribution >= 4 is 11.9 Å². The second kappa shape index (κ2) is 4.76. The summed E-state index contributed by atoms with van der Waals surface area (Å²) in [6.45, 7) is 2.60. The quantitative estimate of drug-likeness (QED) is 0.878. The van der Waals surface area contributed by atoms with Gasteiger partial charge < -0.3 is 10.0 Å². The molecule has 1 fully saturated rings. The van der Waals surface area contributed by atoms with Crippen molar-refractivity contribution in [2.75, 3.05) is 13.1 Å². The predicted octanol–water partition coefficient (Wildman–Crippen LogP) is 1.41. The van der Waals surface area contributed by atoms with Crippen LogP contribution in [0.2, 0.25) is 0 Å². The summed E-state index contributed by atoms with van der Waals surface area (Å²) in [5, 5.41) is 9.28. The molecule has 0 bridgehead atoms. The number of rotatable bonds is 3. The van der Waals surface area contributed by atoms with E-state index in [0.717, 1.165) is 0 Å². The summed E-state index contributed by atoms with van der Waals surface area (Å²) in [6.07, 6.45) is 2.61. The second-order valence-electron chi connectivity index (χ2n) is 4.63. The molecule has 5 heteroatoms. The highest BCUT2D eigenvalue weighted by atomic mass is 16.4. The number of carbonyl (C=O) groups is 2. The molecular formula is C13H16N2O3. The third-order valence-corrected chi connectivity index (χ3v) is 3.66. The minimum Gasteiger partial charge on any atom is -0.481 e. The molecule has 0 saturated carbocycles. The molecule has 0 aromatic carbocycles. The lowest BCUT2D eigenvalue weighted by atomic mass is 9.84. The van der Waals surface area contributed by atoms with Gasteiger partial charge in [-0.25, -0.2) is 0 Å². The number of carboxylic acids is 1. The van der Waals surface area contributed by atoms with Gasteiger partial charge in [0.2, 0.25) is 0 Å². The van der Waals surface area contributed by atoms with Gasteiger partial charge in [0.05, 0.1) is 5.41 Å². The van der Waals surface area contributed by atoms with Gasteiger partial charge in [-0.15, -0.1) is 0 Å². The highest BCUT2D eigenvalue weighted by Crippen LogP contribution is 2.34. The first-order valence-electron chi connectivity index (χ1n) is 6.03. The van der Waals surface area contributed by atoms with E-state index in [-0.39, 0.29) is 12.5 Å². The third-order valence-electron chi connectivity index (χ3n) is 3.66. The van der Waals surface area contributed by atoms with Crippen LogP contribution in [0.15, 0.2) is 24.4 Å². The Bertz CT molecular complexity index is 461. The number of pyridine rings is 1. The maximum absolute atomic E-state index is 12.1. The third kappa shape index (κ3) is 2.08. The molecule has 1 aliphatic heterocycles. The van der Waals surface area contributed by atoms with Crippen molar-refractivity contribution in [2.24, 2.45) is 5.41 Å². The number of likely N-dealkylation sites (tertiary alicyclic amines) is 1. The highest BCUT2D eigenvalue weighted by molar-refractivity contribution is 5.93. The fourth-order valence-electron chi connectivity index (χ4n) is 2.31. The molecule has 1 N–H and O–H groups in total. The monoisotopic (exact) mass is 248 g/mol. The molecule has 1 unspecified atom stereocenters. The van der Waals surface area contributed by atoms with E-state index in [1.165, 1.54) is 0 Å². The topological polar surface area (TPSA) is 70.5 Å². The predicted molar refractivity (Wildman–Crippen MR) is 65.1 cm³/mol. The number of carboxylic acid groups (broad SMARTS) is 1. The molecule has 0 aliphatic carbocycles. The van der Waals surface area contributed by atoms with Crippen LogP contribution in [0.4, 0.5) is 0 Å². The van der Waals surface area contributed by atoms with E-state index >= 15 is 0 Å². The molecule has 1 saturated heterocycles. The number of hydrogen-bond acceptors (Lipinski definition) is 3. The number of carbonyl (C=O) groups excluding carboxylic acids is 1. The van der Waals surface area contributed by atoms with E-state index in [2.05, 4.69) is 4.98 Å². The number of aromatic nitrogens is 1. The first kappa shape index (κ1) is 12.5. The van der Waals surface area contributed by atoms with Crippen molar-refractivity contribution in [1.82, 2.24) is 9.88 Å². The molecule has 1 atom stereocenters. The van der Waals surface area contributed by atoms with Crippen LogP contribution in [0, 0.1) is 5.41 Å². The van der Waals surface area contributed by atoms with Crippen LogP contribution in [-0.2, 0) is 4.79 Å². The van der Waals surface area contributed by atoms with Crippen molar-refractivity contribution in [2.45, 2.75) is 19.8 Å². The smallest absolute Gasteiger partial charge is 0.311 e. The van der Waals surface area contributed by atoms with Crippen LogP contribution in [0.5, 0.6) is 0 Å². The van der Waals surface area contributed by atoms with E-state index in [4.69, 9.17) is 0 Å². The lowest BCUT2D eigenvalue weighted by Crippen LogP contribution is -2.36. The lowest BCUT2D eigenvalue weighted by Gasteiger charge is -2.22. The van der Waals surface area contributed by atoms with E-state index in [1.807, 2.05) is 6.92 Å². The Labute approximate surface area is 105 Å². The fraction of sp³-hybridized carbons (Fsp3) is 0.462. The zero-order chi connectivity index (χ0) is 13.2. The zero-order valence-corrected chi connectivity index (χ0v) is 10.3. The van der Waals surface area contributed by atoms with Gasteiger partial charge in [-0.05, 0) is 25.0 Å². The van der Waals surface area contributed by atoms with Gasteiger partial charge in [-0.1, -0.05) is 13.0 Å². The summed E-state index contributed by atoms with van der Waals surface area (Å²) >= 11 is 0. The Kier molecular flexibility index (Phi) is 3.32. The molecule has 1 aromatic rings. The Balaban J connectivity index is 2.14. The molecule has 5 nitrogen and oxygen atoms in total. The van der Waals surface area contributed by atoms with Crippen LogP contribution >= 0.6 is 0 Å². The average molecular weight is 248 g/mol. The molecule has 2 heterocycles. The highest BCUT2D eigenvalue weighted by Gasteiger charge is 2.44. The summed E-state index contributed by atoms with van der Waals surface area (Å²) in [7, 11) is 0. The van der Waals surface area contributed by atoms with Gasteiger partial charge in [0, 0.05) is 19.3 Å². The van der Waals surface area contributed by atoms with Gasteiger partial charge in [-0.2, -0.15) is 0 Å². The van der Waals surface area contributed by atoms with Crippen molar-refractivity contribution in [3.63, 3.8) is 0 Å². The number of hydrogen-bond donors (Lipinski definition) is 1. The van der Waals surface area contributed by atoms with Crippen LogP contribution in [0.3, 0.4) is 0 Å². The van der Waals surface area contributed by atoms with Crippen LogP contribution in [0.1, 0.15) is 30.3 Å². The minimum atomic E-state index is -0.818. The molecule has 0 radical (unpaired) electrons. The lowest BCUT2D eigenvalue weighted by molar-refractivity contribution is -0.148. The Hall–Kier alpha value is -1.91. The summed E-state index contributed by atoms with van der Waals surface area (Å²) in [6, 6.07) is 5.14. The molecule has 1 aromatic heterocycles. The first-order chi connectivity index (χ1) is 8.59. The zero-order valence-electron chi connectivity index (χ0n) is 10.3. The Morgan fingerprint density at radius 3 is 2.78 bits per heavy atom. The van der Waals surface area contributed by atoms with E-state index in [9.17, 15) is 14.7 Å². The normalized spacial score (nSPS) is 23.1. The van der Waals surface area contributed by atoms with Crippen molar-refractivity contribution in [3.8, 4) is 0 Å². The maximum atomic E-state index is 12.1. The fourth-order valence-corrected chi connectivity index (χ4v) is 2.31. The van der Waals surface area contributed by atoms with Gasteiger partial charge in [0.25, 0.3) is 5.91 Å². The van der Waals surface area contributed by atoms with Gasteiger partial charge >= 0.3 is 5.97 Å². The van der Waals surface area contributed by atoms with Crippen LogP contribution in [0.25, 0.3) is 0 Å². The summed E-state index contributed by atoms with van der Waals surface area (Å²) in [5.74, 6) is -1.01. The molecule has 18 heavy (non-hydrogen) atoms. The molecule has 0 spiro atoms. The summed E-state index contributed by atoms with van der Waals surface area (Å²) < 4.78 is 0. The van der Waals surface area contributed by atoms with Gasteiger partial charge in [0.1, 0.15) is 5.69 Å². The largest absolute Gasteiger partial charge is 0.481 e. The number of aliphatic carboxylic acids is 1. The van der Waals surface area contributed by atoms with Crippen LogP contribution in [-0.4, -0.2) is 40.0 Å². The number of nitrogens with zero attached hydrogens (tertiary/aromatic N) is 2. The van der Waals surface area contributed by atoms with Gasteiger partial charge in [-0.3, -0.25) is 14.6 Å². The second-order valence-corrected chi connectivity index (χ2v) is 4.63. The van der Waals surface area contributed by atoms with E-state index in [1.54, 1.807) is 29.3 Å². The number of amides is 1. The standard InChI is InChI=1S/C13H16N2O3/c1-2-13(12(17)18)6-8-15(9-13)11(16)10-5-3-4-7-14-10/h3-5,7H,2,6,8-9H2,1H3,(H,17,18). The van der Waals surface area contributed by atoms with Crippen LogP contribution < -0.4 is 0 Å². The van der Waals surface area contributed by atoms with E-state index < -0.39 is 11.4 Å². The first-order valence-corrected chi connectivity index (χ1v) is 6.03.